The number of furan rings is 1. The van der Waals surface area contributed by atoms with E-state index in [1.807, 2.05) is 11.6 Å². The Kier molecular flexibility index (Phi) is 3.57. The van der Waals surface area contributed by atoms with Gasteiger partial charge in [-0.1, -0.05) is 5.16 Å². The topological polar surface area (TPSA) is 107 Å². The molecule has 1 atom stereocenters. The maximum atomic E-state index is 13.1. The first-order chi connectivity index (χ1) is 12.9. The lowest BCUT2D eigenvalue weighted by molar-refractivity contribution is 0.258. The Hall–Kier alpha value is -2.46. The van der Waals surface area contributed by atoms with Crippen molar-refractivity contribution in [3.05, 3.63) is 35.5 Å². The van der Waals surface area contributed by atoms with Gasteiger partial charge in [-0.05, 0) is 38.8 Å². The van der Waals surface area contributed by atoms with Gasteiger partial charge in [0.15, 0.2) is 11.6 Å². The van der Waals surface area contributed by atoms with E-state index in [2.05, 4.69) is 15.2 Å². The molecule has 1 aliphatic carbocycles. The van der Waals surface area contributed by atoms with Crippen molar-refractivity contribution in [3.63, 3.8) is 0 Å². The quantitative estimate of drug-likeness (QED) is 0.674. The second-order valence-corrected chi connectivity index (χ2v) is 8.89. The van der Waals surface area contributed by atoms with Gasteiger partial charge in [0.1, 0.15) is 5.82 Å². The van der Waals surface area contributed by atoms with Crippen molar-refractivity contribution in [1.82, 2.24) is 24.2 Å². The average molecular weight is 389 g/mol. The van der Waals surface area contributed by atoms with Crippen molar-refractivity contribution in [3.8, 4) is 11.5 Å². The van der Waals surface area contributed by atoms with Crippen LogP contribution in [0.25, 0.3) is 11.5 Å². The maximum absolute atomic E-state index is 13.1. The summed E-state index contributed by atoms with van der Waals surface area (Å²) >= 11 is 0. The van der Waals surface area contributed by atoms with Crippen molar-refractivity contribution < 1.29 is 17.4 Å². The minimum atomic E-state index is -3.81. The summed E-state index contributed by atoms with van der Waals surface area (Å²) in [6, 6.07) is 4.31. The van der Waals surface area contributed by atoms with Gasteiger partial charge in [-0.3, -0.25) is 0 Å². The number of nitrogens with zero attached hydrogens (tertiary/aromatic N) is 5. The zero-order valence-corrected chi connectivity index (χ0v) is 15.8. The molecular formula is C17H19N5O4S. The van der Waals surface area contributed by atoms with Crippen molar-refractivity contribution >= 4 is 10.0 Å². The third-order valence-electron chi connectivity index (χ3n) is 5.01. The Labute approximate surface area is 156 Å². The Morgan fingerprint density at radius 2 is 2.00 bits per heavy atom. The molecule has 1 fully saturated rings. The van der Waals surface area contributed by atoms with Crippen molar-refractivity contribution in [2.75, 3.05) is 6.54 Å². The van der Waals surface area contributed by atoms with Crippen LogP contribution in [-0.2, 0) is 16.6 Å². The number of fused-ring (bicyclic) bond motifs is 1. The predicted molar refractivity (Wildman–Crippen MR) is 93.2 cm³/mol. The smallest absolute Gasteiger partial charge is 0.277 e. The predicted octanol–water partition coefficient (Wildman–Crippen LogP) is 2.48. The van der Waals surface area contributed by atoms with Crippen LogP contribution in [0.5, 0.6) is 0 Å². The second-order valence-electron chi connectivity index (χ2n) is 7.07. The highest BCUT2D eigenvalue weighted by Gasteiger charge is 2.39. The zero-order valence-electron chi connectivity index (χ0n) is 15.0. The summed E-state index contributed by atoms with van der Waals surface area (Å²) in [7, 11) is -3.81. The molecule has 142 valence electrons. The van der Waals surface area contributed by atoms with Gasteiger partial charge < -0.3 is 8.94 Å². The minimum Gasteiger partial charge on any atom is -0.440 e. The lowest BCUT2D eigenvalue weighted by Gasteiger charge is -2.30. The van der Waals surface area contributed by atoms with E-state index in [9.17, 15) is 8.42 Å². The Bertz CT molecular complexity index is 1110. The van der Waals surface area contributed by atoms with E-state index in [0.717, 1.165) is 18.7 Å². The molecule has 3 aromatic rings. The highest BCUT2D eigenvalue weighted by molar-refractivity contribution is 7.89. The fraction of sp³-hybridized carbons (Fsp3) is 0.471. The average Bonchev–Trinajstić information content (AvgIpc) is 3.05. The lowest BCUT2D eigenvalue weighted by atomic mass is 10.2. The van der Waals surface area contributed by atoms with E-state index in [-0.39, 0.29) is 5.09 Å². The van der Waals surface area contributed by atoms with E-state index in [0.29, 0.717) is 42.0 Å². The molecule has 0 spiro atoms. The van der Waals surface area contributed by atoms with Gasteiger partial charge in [0.05, 0.1) is 18.3 Å². The molecule has 1 saturated carbocycles. The van der Waals surface area contributed by atoms with Crippen LogP contribution in [0.3, 0.4) is 0 Å². The Morgan fingerprint density at radius 1 is 1.19 bits per heavy atom. The summed E-state index contributed by atoms with van der Waals surface area (Å²) in [5.74, 6) is 2.67. The van der Waals surface area contributed by atoms with E-state index in [1.165, 1.54) is 10.4 Å². The zero-order chi connectivity index (χ0) is 18.8. The molecule has 0 unspecified atom stereocenters. The van der Waals surface area contributed by atoms with Crippen LogP contribution in [0.15, 0.2) is 32.2 Å². The number of rotatable bonds is 4. The maximum Gasteiger partial charge on any atom is 0.277 e. The molecule has 9 nitrogen and oxygen atoms in total. The molecule has 0 aromatic carbocycles. The van der Waals surface area contributed by atoms with Gasteiger partial charge in [0.25, 0.3) is 10.0 Å². The second kappa shape index (κ2) is 5.77. The van der Waals surface area contributed by atoms with Crippen molar-refractivity contribution in [2.24, 2.45) is 0 Å². The Balaban J connectivity index is 1.45. The fourth-order valence-electron chi connectivity index (χ4n) is 3.39. The lowest BCUT2D eigenvalue weighted by Crippen LogP contribution is -2.41. The van der Waals surface area contributed by atoms with E-state index in [1.54, 1.807) is 19.1 Å². The first-order valence-electron chi connectivity index (χ1n) is 8.93. The number of aryl methyl sites for hydroxylation is 1. The monoisotopic (exact) mass is 389 g/mol. The summed E-state index contributed by atoms with van der Waals surface area (Å²) in [5.41, 5.74) is 0.696. The molecule has 3 aromatic heterocycles. The molecular weight excluding hydrogens is 370 g/mol. The molecule has 0 saturated heterocycles. The summed E-state index contributed by atoms with van der Waals surface area (Å²) in [5, 5.41) is 8.22. The third kappa shape index (κ3) is 2.71. The summed E-state index contributed by atoms with van der Waals surface area (Å²) in [6.45, 7) is 4.42. The normalized spacial score (nSPS) is 20.7. The molecule has 2 aliphatic rings. The van der Waals surface area contributed by atoms with Crippen molar-refractivity contribution in [1.29, 1.82) is 0 Å². The molecule has 4 heterocycles. The molecule has 1 aliphatic heterocycles. The van der Waals surface area contributed by atoms with Crippen LogP contribution >= 0.6 is 0 Å². The first kappa shape index (κ1) is 16.7. The van der Waals surface area contributed by atoms with Crippen LogP contribution in [0.1, 0.15) is 49.1 Å². The number of aromatic nitrogens is 4. The number of hydrogen-bond acceptors (Lipinski definition) is 7. The van der Waals surface area contributed by atoms with Crippen LogP contribution in [0.4, 0.5) is 0 Å². The van der Waals surface area contributed by atoms with E-state index >= 15 is 0 Å². The number of sulfonamides is 1. The van der Waals surface area contributed by atoms with Gasteiger partial charge in [-0.25, -0.2) is 18.1 Å². The molecule has 5 rings (SSSR count). The van der Waals surface area contributed by atoms with Gasteiger partial charge in [0, 0.05) is 18.5 Å². The fourth-order valence-corrected chi connectivity index (χ4v) is 4.89. The number of hydrogen-bond donors (Lipinski definition) is 0. The van der Waals surface area contributed by atoms with E-state index in [4.69, 9.17) is 8.94 Å². The molecule has 10 heteroatoms. The Morgan fingerprint density at radius 3 is 2.70 bits per heavy atom. The van der Waals surface area contributed by atoms with Gasteiger partial charge in [-0.2, -0.15) is 9.40 Å². The molecule has 27 heavy (non-hydrogen) atoms. The first-order valence-corrected chi connectivity index (χ1v) is 10.4. The highest BCUT2D eigenvalue weighted by atomic mass is 32.2. The van der Waals surface area contributed by atoms with Gasteiger partial charge in [0.2, 0.25) is 10.9 Å². The summed E-state index contributed by atoms with van der Waals surface area (Å²) in [4.78, 5) is 4.60. The van der Waals surface area contributed by atoms with Crippen LogP contribution < -0.4 is 0 Å². The molecule has 0 N–H and O–H groups in total. The molecule has 0 amide bonds. The van der Waals surface area contributed by atoms with E-state index < -0.39 is 16.1 Å². The third-order valence-corrected chi connectivity index (χ3v) is 6.86. The van der Waals surface area contributed by atoms with Crippen LogP contribution in [-0.4, -0.2) is 39.2 Å². The minimum absolute atomic E-state index is 0.117. The van der Waals surface area contributed by atoms with Crippen molar-refractivity contribution in [2.45, 2.75) is 50.3 Å². The van der Waals surface area contributed by atoms with Gasteiger partial charge in [-0.15, -0.1) is 0 Å². The van der Waals surface area contributed by atoms with Gasteiger partial charge >= 0.3 is 0 Å². The summed E-state index contributed by atoms with van der Waals surface area (Å²) in [6.07, 6.45) is 2.21. The molecule has 0 bridgehead atoms. The highest BCUT2D eigenvalue weighted by Crippen LogP contribution is 2.40. The largest absolute Gasteiger partial charge is 0.440 e. The molecule has 0 radical (unpaired) electrons. The van der Waals surface area contributed by atoms with Crippen LogP contribution in [0, 0.1) is 6.92 Å². The standard InChI is InChI=1S/C17H19N5O4S/c1-10-9-14(26-20-10)13-5-6-15(25-13)27(23,24)22-8-7-21-17(11(22)2)18-16(19-21)12-3-4-12/h5-6,9,11-12H,3-4,7-8H2,1-2H3/t11-/m1/s1. The van der Waals surface area contributed by atoms with Crippen LogP contribution in [0.2, 0.25) is 0 Å². The SMILES string of the molecule is Cc1cc(-c2ccc(S(=O)(=O)N3CCn4nc(C5CC5)nc4[C@H]3C)o2)on1. The summed E-state index contributed by atoms with van der Waals surface area (Å²) < 4.78 is 40.3.